The fourth-order valence-corrected chi connectivity index (χ4v) is 3.67. The number of hydrogen-bond acceptors (Lipinski definition) is 6. The lowest BCUT2D eigenvalue weighted by Gasteiger charge is -2.21. The minimum absolute atomic E-state index is 0.0234. The van der Waals surface area contributed by atoms with Gasteiger partial charge in [-0.05, 0) is 57.8 Å². The van der Waals surface area contributed by atoms with E-state index in [1.54, 1.807) is 0 Å². The monoisotopic (exact) mass is 440 g/mol. The summed E-state index contributed by atoms with van der Waals surface area (Å²) < 4.78 is 10.6. The summed E-state index contributed by atoms with van der Waals surface area (Å²) in [7, 11) is 0. The topological polar surface area (TPSA) is 127 Å². The minimum Gasteiger partial charge on any atom is -0.481 e. The molecule has 0 amide bonds. The summed E-state index contributed by atoms with van der Waals surface area (Å²) >= 11 is 0. The maximum atomic E-state index is 11.6. The van der Waals surface area contributed by atoms with Crippen LogP contribution in [0.5, 0.6) is 0 Å². The molecule has 0 aromatic rings. The first-order valence-electron chi connectivity index (χ1n) is 11.4. The number of hydrogen-bond donors (Lipinski definition) is 2. The third-order valence-corrected chi connectivity index (χ3v) is 5.47. The number of carbonyl (C=O) groups is 4. The van der Waals surface area contributed by atoms with Crippen molar-refractivity contribution in [3.8, 4) is 0 Å². The highest BCUT2D eigenvalue weighted by Crippen LogP contribution is 2.21. The van der Waals surface area contributed by atoms with E-state index in [-0.39, 0.29) is 18.6 Å². The number of esters is 2. The third-order valence-electron chi connectivity index (χ3n) is 5.47. The molecule has 0 radical (unpaired) electrons. The molecule has 0 aromatic heterocycles. The molecule has 8 heteroatoms. The Bertz CT molecular complexity index is 553. The zero-order valence-electron chi connectivity index (χ0n) is 18.4. The molecule has 0 aliphatic heterocycles. The van der Waals surface area contributed by atoms with Gasteiger partial charge >= 0.3 is 23.9 Å². The number of carboxylic acid groups (broad SMARTS) is 2. The minimum atomic E-state index is -1.24. The largest absolute Gasteiger partial charge is 0.481 e. The first-order valence-corrected chi connectivity index (χ1v) is 11.4. The summed E-state index contributed by atoms with van der Waals surface area (Å²) in [5.74, 6) is -4.58. The SMILES string of the molecule is CCCCC(C(=O)O)C(=O)O.O=C(/C=C\C(=O)OC1CCCCC1)OC1CCCCC1. The average Bonchev–Trinajstić information content (AvgIpc) is 2.74. The molecule has 0 saturated heterocycles. The number of unbranched alkanes of at least 4 members (excludes halogenated alkanes) is 1. The summed E-state index contributed by atoms with van der Waals surface area (Å²) in [5, 5.41) is 16.8. The van der Waals surface area contributed by atoms with Gasteiger partial charge in [0.2, 0.25) is 0 Å². The van der Waals surface area contributed by atoms with Gasteiger partial charge in [0.1, 0.15) is 12.2 Å². The molecular weight excluding hydrogens is 404 g/mol. The zero-order valence-corrected chi connectivity index (χ0v) is 18.4. The van der Waals surface area contributed by atoms with Crippen molar-refractivity contribution in [2.45, 2.75) is 103 Å². The van der Waals surface area contributed by atoms with Gasteiger partial charge in [-0.2, -0.15) is 0 Å². The highest BCUT2D eigenvalue weighted by molar-refractivity contribution is 5.92. The number of carbonyl (C=O) groups excluding carboxylic acids is 2. The Morgan fingerprint density at radius 3 is 1.48 bits per heavy atom. The van der Waals surface area contributed by atoms with Gasteiger partial charge in [-0.3, -0.25) is 9.59 Å². The summed E-state index contributed by atoms with van der Waals surface area (Å²) in [6.07, 6.45) is 14.8. The predicted molar refractivity (Wildman–Crippen MR) is 113 cm³/mol. The molecule has 2 aliphatic rings. The quantitative estimate of drug-likeness (QED) is 0.309. The molecule has 0 heterocycles. The van der Waals surface area contributed by atoms with Gasteiger partial charge < -0.3 is 19.7 Å². The number of carboxylic acids is 2. The molecule has 31 heavy (non-hydrogen) atoms. The van der Waals surface area contributed by atoms with Crippen molar-refractivity contribution in [3.63, 3.8) is 0 Å². The lowest BCUT2D eigenvalue weighted by atomic mass is 9.98. The molecule has 2 N–H and O–H groups in total. The van der Waals surface area contributed by atoms with Crippen molar-refractivity contribution in [1.82, 2.24) is 0 Å². The molecule has 8 nitrogen and oxygen atoms in total. The van der Waals surface area contributed by atoms with Crippen LogP contribution in [0, 0.1) is 5.92 Å². The molecule has 0 bridgehead atoms. The second kappa shape index (κ2) is 15.4. The smallest absolute Gasteiger partial charge is 0.331 e. The van der Waals surface area contributed by atoms with Crippen LogP contribution < -0.4 is 0 Å². The van der Waals surface area contributed by atoms with Gasteiger partial charge in [-0.15, -0.1) is 0 Å². The van der Waals surface area contributed by atoms with Crippen molar-refractivity contribution >= 4 is 23.9 Å². The Morgan fingerprint density at radius 1 is 0.774 bits per heavy atom. The Balaban J connectivity index is 0.000000373. The zero-order chi connectivity index (χ0) is 23.1. The van der Waals surface area contributed by atoms with E-state index in [1.165, 1.54) is 25.0 Å². The van der Waals surface area contributed by atoms with E-state index in [9.17, 15) is 19.2 Å². The van der Waals surface area contributed by atoms with E-state index in [0.29, 0.717) is 6.42 Å². The molecule has 176 valence electrons. The van der Waals surface area contributed by atoms with Gasteiger partial charge in [0.05, 0.1) is 0 Å². The van der Waals surface area contributed by atoms with E-state index in [4.69, 9.17) is 19.7 Å². The summed E-state index contributed by atoms with van der Waals surface area (Å²) in [6, 6.07) is 0. The first-order chi connectivity index (χ1) is 14.8. The van der Waals surface area contributed by atoms with E-state index in [0.717, 1.165) is 57.8 Å². The highest BCUT2D eigenvalue weighted by atomic mass is 16.5. The highest BCUT2D eigenvalue weighted by Gasteiger charge is 2.24. The molecular formula is C23H36O8. The van der Waals surface area contributed by atoms with Crippen molar-refractivity contribution < 1.29 is 38.9 Å². The standard InChI is InChI=1S/C16H24O4.C7H12O4/c17-15(19-13-7-3-1-4-8-13)11-12-16(18)20-14-9-5-2-6-10-14;1-2-3-4-5(6(8)9)7(10)11/h11-14H,1-10H2;5H,2-4H2,1H3,(H,8,9)(H,10,11)/b12-11-;. The van der Waals surface area contributed by atoms with Crippen LogP contribution in [0.25, 0.3) is 0 Å². The molecule has 0 spiro atoms. The fraction of sp³-hybridized carbons (Fsp3) is 0.739. The second-order valence-electron chi connectivity index (χ2n) is 8.10. The van der Waals surface area contributed by atoms with E-state index in [2.05, 4.69) is 0 Å². The lowest BCUT2D eigenvalue weighted by molar-refractivity contribution is -0.155. The van der Waals surface area contributed by atoms with Crippen LogP contribution in [0.1, 0.15) is 90.4 Å². The molecule has 0 unspecified atom stereocenters. The van der Waals surface area contributed by atoms with E-state index < -0.39 is 29.8 Å². The summed E-state index contributed by atoms with van der Waals surface area (Å²) in [5.41, 5.74) is 0. The van der Waals surface area contributed by atoms with Gasteiger partial charge in [0.25, 0.3) is 0 Å². The van der Waals surface area contributed by atoms with Crippen molar-refractivity contribution in [2.24, 2.45) is 5.92 Å². The Hall–Kier alpha value is -2.38. The summed E-state index contributed by atoms with van der Waals surface area (Å²) in [6.45, 7) is 1.89. The number of aliphatic carboxylic acids is 2. The molecule has 0 aromatic carbocycles. The molecule has 2 fully saturated rings. The van der Waals surface area contributed by atoms with Gasteiger partial charge in [0.15, 0.2) is 5.92 Å². The lowest BCUT2D eigenvalue weighted by Crippen LogP contribution is -2.22. The predicted octanol–water partition coefficient (Wildman–Crippen LogP) is 4.26. The van der Waals surface area contributed by atoms with Crippen LogP contribution in [0.15, 0.2) is 12.2 Å². The average molecular weight is 441 g/mol. The van der Waals surface area contributed by atoms with Gasteiger partial charge in [0, 0.05) is 12.2 Å². The van der Waals surface area contributed by atoms with Crippen LogP contribution in [-0.4, -0.2) is 46.3 Å². The number of ether oxygens (including phenoxy) is 2. The van der Waals surface area contributed by atoms with Gasteiger partial charge in [-0.1, -0.05) is 32.6 Å². The first kappa shape index (κ1) is 26.7. The van der Waals surface area contributed by atoms with Crippen LogP contribution in [0.2, 0.25) is 0 Å². The maximum Gasteiger partial charge on any atom is 0.331 e. The molecule has 2 aliphatic carbocycles. The Morgan fingerprint density at radius 2 is 1.16 bits per heavy atom. The second-order valence-corrected chi connectivity index (χ2v) is 8.10. The number of rotatable bonds is 9. The van der Waals surface area contributed by atoms with Crippen LogP contribution >= 0.6 is 0 Å². The maximum absolute atomic E-state index is 11.6. The molecule has 2 saturated carbocycles. The van der Waals surface area contributed by atoms with Crippen LogP contribution in [-0.2, 0) is 28.7 Å². The van der Waals surface area contributed by atoms with Crippen molar-refractivity contribution in [1.29, 1.82) is 0 Å². The van der Waals surface area contributed by atoms with E-state index >= 15 is 0 Å². The van der Waals surface area contributed by atoms with Crippen LogP contribution in [0.4, 0.5) is 0 Å². The van der Waals surface area contributed by atoms with Crippen molar-refractivity contribution in [2.75, 3.05) is 0 Å². The third kappa shape index (κ3) is 12.2. The Kier molecular flexibility index (Phi) is 13.3. The normalized spacial score (nSPS) is 17.6. The van der Waals surface area contributed by atoms with Crippen LogP contribution in [0.3, 0.4) is 0 Å². The summed E-state index contributed by atoms with van der Waals surface area (Å²) in [4.78, 5) is 43.7. The van der Waals surface area contributed by atoms with Crippen molar-refractivity contribution in [3.05, 3.63) is 12.2 Å². The molecule has 2 rings (SSSR count). The Labute approximate surface area is 184 Å². The fourth-order valence-electron chi connectivity index (χ4n) is 3.67. The molecule has 0 atom stereocenters. The van der Waals surface area contributed by atoms with Gasteiger partial charge in [-0.25, -0.2) is 9.59 Å². The van der Waals surface area contributed by atoms with E-state index in [1.807, 2.05) is 6.92 Å².